The largest absolute Gasteiger partial charge is 0.252 e. The van der Waals surface area contributed by atoms with Gasteiger partial charge in [0, 0.05) is 22.9 Å². The van der Waals surface area contributed by atoms with Crippen LogP contribution in [0.2, 0.25) is 0 Å². The molecule has 2 aromatic heterocycles. The predicted octanol–water partition coefficient (Wildman–Crippen LogP) is 4.97. The van der Waals surface area contributed by atoms with Crippen LogP contribution in [0.4, 0.5) is 0 Å². The fraction of sp³-hybridized carbons (Fsp3) is 0.222. The zero-order chi connectivity index (χ0) is 14.9. The van der Waals surface area contributed by atoms with Gasteiger partial charge in [0.1, 0.15) is 0 Å². The summed E-state index contributed by atoms with van der Waals surface area (Å²) >= 11 is 1.62. The molecular formula is C18H17N2S. The van der Waals surface area contributed by atoms with Crippen molar-refractivity contribution in [2.24, 2.45) is 0 Å². The Kier molecular flexibility index (Phi) is 3.60. The van der Waals surface area contributed by atoms with Crippen molar-refractivity contribution in [2.75, 3.05) is 0 Å². The summed E-state index contributed by atoms with van der Waals surface area (Å²) in [6.45, 7) is 6.51. The summed E-state index contributed by atoms with van der Waals surface area (Å²) in [5.74, 6) is 0. The molecule has 0 aliphatic heterocycles. The standard InChI is InChI=1S/C18H17N2S/c1-18(2,3)17-9-14(13-7-5-4-6-8-13)15(10-20-17)16-11-19-12-21-16/h4-9,11-12H,1-3H3. The third-order valence-electron chi connectivity index (χ3n) is 3.37. The van der Waals surface area contributed by atoms with Gasteiger partial charge in [0.2, 0.25) is 0 Å². The molecule has 3 aromatic rings. The Balaban J connectivity index is 2.22. The Hall–Kier alpha value is -2.00. The zero-order valence-corrected chi connectivity index (χ0v) is 13.2. The highest BCUT2D eigenvalue weighted by Gasteiger charge is 2.19. The molecule has 1 radical (unpaired) electrons. The number of thiazole rings is 1. The second-order valence-electron chi connectivity index (χ2n) is 6.02. The number of aromatic nitrogens is 2. The van der Waals surface area contributed by atoms with E-state index in [-0.39, 0.29) is 5.41 Å². The first kappa shape index (κ1) is 14.0. The molecule has 0 aliphatic rings. The Morgan fingerprint density at radius 1 is 1.10 bits per heavy atom. The van der Waals surface area contributed by atoms with Gasteiger partial charge in [0.25, 0.3) is 0 Å². The van der Waals surface area contributed by atoms with Crippen LogP contribution >= 0.6 is 11.3 Å². The van der Waals surface area contributed by atoms with E-state index >= 15 is 0 Å². The Bertz CT molecular complexity index is 726. The van der Waals surface area contributed by atoms with Gasteiger partial charge in [0.15, 0.2) is 0 Å². The molecule has 1 aromatic carbocycles. The van der Waals surface area contributed by atoms with Crippen molar-refractivity contribution < 1.29 is 0 Å². The zero-order valence-electron chi connectivity index (χ0n) is 12.4. The summed E-state index contributed by atoms with van der Waals surface area (Å²) in [5.41, 5.74) is 6.28. The first-order valence-electron chi connectivity index (χ1n) is 6.93. The summed E-state index contributed by atoms with van der Waals surface area (Å²) in [5, 5.41) is 0. The molecule has 0 saturated carbocycles. The number of nitrogens with zero attached hydrogens (tertiary/aromatic N) is 2. The molecule has 0 unspecified atom stereocenters. The SMILES string of the molecule is CC(C)(C)c1cc(-c2ccccc2)c(-c2cncs2)[c]n1. The van der Waals surface area contributed by atoms with E-state index in [1.165, 1.54) is 11.1 Å². The van der Waals surface area contributed by atoms with Crippen LogP contribution in [0.25, 0.3) is 21.6 Å². The monoisotopic (exact) mass is 293 g/mol. The molecule has 2 heterocycles. The van der Waals surface area contributed by atoms with Gasteiger partial charge in [-0.2, -0.15) is 0 Å². The van der Waals surface area contributed by atoms with Crippen LogP contribution in [0.15, 0.2) is 48.1 Å². The normalized spacial score (nSPS) is 11.6. The first-order valence-corrected chi connectivity index (χ1v) is 7.81. The minimum absolute atomic E-state index is 0.00621. The molecule has 0 spiro atoms. The molecule has 0 fully saturated rings. The van der Waals surface area contributed by atoms with E-state index in [0.29, 0.717) is 0 Å². The van der Waals surface area contributed by atoms with E-state index in [9.17, 15) is 0 Å². The van der Waals surface area contributed by atoms with Gasteiger partial charge in [-0.15, -0.1) is 11.3 Å². The van der Waals surface area contributed by atoms with E-state index in [1.54, 1.807) is 11.3 Å². The van der Waals surface area contributed by atoms with Crippen molar-refractivity contribution in [1.82, 2.24) is 9.97 Å². The molecule has 0 saturated heterocycles. The lowest BCUT2D eigenvalue weighted by atomic mass is 9.88. The molecule has 21 heavy (non-hydrogen) atoms. The van der Waals surface area contributed by atoms with E-state index in [4.69, 9.17) is 0 Å². The first-order chi connectivity index (χ1) is 10.1. The topological polar surface area (TPSA) is 25.8 Å². The number of pyridine rings is 1. The van der Waals surface area contributed by atoms with E-state index in [2.05, 4.69) is 67.3 Å². The lowest BCUT2D eigenvalue weighted by molar-refractivity contribution is 0.569. The summed E-state index contributed by atoms with van der Waals surface area (Å²) in [6.07, 6.45) is 5.11. The van der Waals surface area contributed by atoms with Gasteiger partial charge in [-0.25, -0.2) is 4.98 Å². The molecule has 2 nitrogen and oxygen atoms in total. The van der Waals surface area contributed by atoms with Crippen molar-refractivity contribution in [2.45, 2.75) is 26.2 Å². The van der Waals surface area contributed by atoms with Crippen molar-refractivity contribution in [3.05, 3.63) is 60.0 Å². The Morgan fingerprint density at radius 2 is 1.86 bits per heavy atom. The van der Waals surface area contributed by atoms with Crippen LogP contribution in [0.5, 0.6) is 0 Å². The van der Waals surface area contributed by atoms with Crippen molar-refractivity contribution in [1.29, 1.82) is 0 Å². The van der Waals surface area contributed by atoms with Crippen molar-refractivity contribution in [3.8, 4) is 21.6 Å². The van der Waals surface area contributed by atoms with Crippen molar-refractivity contribution >= 4 is 11.3 Å². The minimum Gasteiger partial charge on any atom is -0.252 e. The summed E-state index contributed by atoms with van der Waals surface area (Å²) in [7, 11) is 0. The van der Waals surface area contributed by atoms with Gasteiger partial charge in [-0.3, -0.25) is 4.98 Å². The highest BCUT2D eigenvalue weighted by molar-refractivity contribution is 7.13. The van der Waals surface area contributed by atoms with Gasteiger partial charge < -0.3 is 0 Å². The van der Waals surface area contributed by atoms with E-state index in [1.807, 2.05) is 17.8 Å². The predicted molar refractivity (Wildman–Crippen MR) is 88.3 cm³/mol. The maximum Gasteiger partial charge on any atom is 0.0990 e. The number of hydrogen-bond acceptors (Lipinski definition) is 3. The Labute approximate surface area is 129 Å². The molecule has 105 valence electrons. The lowest BCUT2D eigenvalue weighted by Gasteiger charge is -2.19. The van der Waals surface area contributed by atoms with Crippen LogP contribution in [0, 0.1) is 6.20 Å². The molecule has 0 N–H and O–H groups in total. The highest BCUT2D eigenvalue weighted by atomic mass is 32.1. The molecule has 3 rings (SSSR count). The summed E-state index contributed by atoms with van der Waals surface area (Å²) < 4.78 is 0. The van der Waals surface area contributed by atoms with E-state index in [0.717, 1.165) is 16.1 Å². The van der Waals surface area contributed by atoms with Crippen LogP contribution in [0.1, 0.15) is 26.5 Å². The summed E-state index contributed by atoms with van der Waals surface area (Å²) in [6, 6.07) is 12.6. The van der Waals surface area contributed by atoms with Gasteiger partial charge in [-0.1, -0.05) is 51.1 Å². The third kappa shape index (κ3) is 2.88. The van der Waals surface area contributed by atoms with Gasteiger partial charge >= 0.3 is 0 Å². The third-order valence-corrected chi connectivity index (χ3v) is 4.16. The fourth-order valence-corrected chi connectivity index (χ4v) is 2.80. The number of benzene rings is 1. The molecule has 0 amide bonds. The maximum absolute atomic E-state index is 4.55. The second kappa shape index (κ2) is 5.41. The Morgan fingerprint density at radius 3 is 2.48 bits per heavy atom. The highest BCUT2D eigenvalue weighted by Crippen LogP contribution is 2.35. The van der Waals surface area contributed by atoms with Crippen LogP contribution in [-0.4, -0.2) is 9.97 Å². The average molecular weight is 293 g/mol. The molecule has 0 bridgehead atoms. The molecular weight excluding hydrogens is 276 g/mol. The maximum atomic E-state index is 4.55. The van der Waals surface area contributed by atoms with Gasteiger partial charge in [-0.05, 0) is 17.2 Å². The molecule has 0 atom stereocenters. The lowest BCUT2D eigenvalue weighted by Crippen LogP contribution is -2.13. The van der Waals surface area contributed by atoms with E-state index < -0.39 is 0 Å². The smallest absolute Gasteiger partial charge is 0.0990 e. The minimum atomic E-state index is 0.00621. The molecule has 3 heteroatoms. The summed E-state index contributed by atoms with van der Waals surface area (Å²) in [4.78, 5) is 9.82. The molecule has 0 aliphatic carbocycles. The van der Waals surface area contributed by atoms with Gasteiger partial charge in [0.05, 0.1) is 16.6 Å². The number of rotatable bonds is 2. The van der Waals surface area contributed by atoms with Crippen LogP contribution in [0.3, 0.4) is 0 Å². The number of hydrogen-bond donors (Lipinski definition) is 0. The van der Waals surface area contributed by atoms with Crippen LogP contribution in [-0.2, 0) is 5.41 Å². The fourth-order valence-electron chi connectivity index (χ4n) is 2.17. The van der Waals surface area contributed by atoms with Crippen molar-refractivity contribution in [3.63, 3.8) is 0 Å². The second-order valence-corrected chi connectivity index (χ2v) is 6.91. The quantitative estimate of drug-likeness (QED) is 0.666. The van der Waals surface area contributed by atoms with Crippen LogP contribution < -0.4 is 0 Å². The average Bonchev–Trinajstić information content (AvgIpc) is 3.01.